The van der Waals surface area contributed by atoms with Gasteiger partial charge in [-0.25, -0.2) is 8.42 Å². The average molecular weight is 296 g/mol. The van der Waals surface area contributed by atoms with E-state index in [2.05, 4.69) is 5.92 Å². The van der Waals surface area contributed by atoms with Crippen LogP contribution in [-0.4, -0.2) is 25.8 Å². The Balaban J connectivity index is 2.44. The Labute approximate surface area is 120 Å². The second kappa shape index (κ2) is 5.60. The average Bonchev–Trinajstić information content (AvgIpc) is 3.13. The van der Waals surface area contributed by atoms with Crippen LogP contribution < -0.4 is 5.73 Å². The van der Waals surface area contributed by atoms with Gasteiger partial charge in [0, 0.05) is 18.7 Å². The van der Waals surface area contributed by atoms with Crippen LogP contribution in [0.4, 0.5) is 0 Å². The van der Waals surface area contributed by atoms with Crippen molar-refractivity contribution in [3.8, 4) is 12.3 Å². The van der Waals surface area contributed by atoms with Gasteiger partial charge in [-0.15, -0.1) is 6.42 Å². The van der Waals surface area contributed by atoms with Crippen LogP contribution in [0.2, 0.25) is 0 Å². The first kappa shape index (κ1) is 15.1. The molecule has 0 spiro atoms. The molecule has 1 saturated carbocycles. The smallest absolute Gasteiger partial charge is 0.247 e. The number of rotatable bonds is 6. The van der Waals surface area contributed by atoms with E-state index in [1.54, 1.807) is 13.8 Å². The highest BCUT2D eigenvalue weighted by molar-refractivity contribution is 7.89. The van der Waals surface area contributed by atoms with Crippen LogP contribution in [0.15, 0.2) is 9.31 Å². The summed E-state index contributed by atoms with van der Waals surface area (Å²) in [6.07, 6.45) is 7.43. The van der Waals surface area contributed by atoms with Crippen molar-refractivity contribution >= 4 is 10.0 Å². The summed E-state index contributed by atoms with van der Waals surface area (Å²) in [7, 11) is -3.65. The zero-order valence-corrected chi connectivity index (χ0v) is 12.7. The second-order valence-corrected chi connectivity index (χ2v) is 7.05. The number of hydrogen-bond donors (Lipinski definition) is 1. The fourth-order valence-electron chi connectivity index (χ4n) is 2.35. The predicted molar refractivity (Wildman–Crippen MR) is 76.4 cm³/mol. The Bertz CT molecular complexity index is 636. The second-order valence-electron chi connectivity index (χ2n) is 5.17. The van der Waals surface area contributed by atoms with E-state index in [9.17, 15) is 8.42 Å². The number of nitrogens with zero attached hydrogens (tertiary/aromatic N) is 1. The van der Waals surface area contributed by atoms with E-state index < -0.39 is 10.0 Å². The molecule has 0 aromatic carbocycles. The van der Waals surface area contributed by atoms with E-state index in [1.165, 1.54) is 4.31 Å². The molecule has 2 rings (SSSR count). The van der Waals surface area contributed by atoms with Crippen LogP contribution in [0.3, 0.4) is 0 Å². The Morgan fingerprint density at radius 1 is 1.40 bits per heavy atom. The fourth-order valence-corrected chi connectivity index (χ4v) is 4.20. The first-order chi connectivity index (χ1) is 9.41. The van der Waals surface area contributed by atoms with Crippen molar-refractivity contribution in [3.05, 3.63) is 17.1 Å². The first-order valence-electron chi connectivity index (χ1n) is 6.64. The maximum Gasteiger partial charge on any atom is 0.247 e. The van der Waals surface area contributed by atoms with Gasteiger partial charge in [0.2, 0.25) is 10.0 Å². The number of nitrogens with two attached hydrogens (primary N) is 1. The molecule has 0 atom stereocenters. The Morgan fingerprint density at radius 3 is 2.55 bits per heavy atom. The number of hydrogen-bond acceptors (Lipinski definition) is 4. The monoisotopic (exact) mass is 296 g/mol. The number of terminal acetylenes is 1. The molecule has 0 radical (unpaired) electrons. The Hall–Kier alpha value is -1.29. The van der Waals surface area contributed by atoms with E-state index in [-0.39, 0.29) is 18.0 Å². The maximum absolute atomic E-state index is 12.8. The SMILES string of the molecule is C#CCN(CC1CC1)S(=O)(=O)c1c(C)oc(C)c1CN. The van der Waals surface area contributed by atoms with Crippen molar-refractivity contribution < 1.29 is 12.8 Å². The lowest BCUT2D eigenvalue weighted by Gasteiger charge is -2.20. The number of furan rings is 1. The van der Waals surface area contributed by atoms with Gasteiger partial charge in [-0.1, -0.05) is 5.92 Å². The van der Waals surface area contributed by atoms with E-state index in [0.29, 0.717) is 29.5 Å². The third-order valence-corrected chi connectivity index (χ3v) is 5.56. The molecule has 1 aliphatic carbocycles. The summed E-state index contributed by atoms with van der Waals surface area (Å²) in [5.41, 5.74) is 6.21. The van der Waals surface area contributed by atoms with Gasteiger partial charge < -0.3 is 10.2 Å². The highest BCUT2D eigenvalue weighted by Gasteiger charge is 2.35. The molecule has 0 unspecified atom stereocenters. The molecular weight excluding hydrogens is 276 g/mol. The molecule has 0 bridgehead atoms. The van der Waals surface area contributed by atoms with Crippen LogP contribution in [0.5, 0.6) is 0 Å². The van der Waals surface area contributed by atoms with E-state index in [0.717, 1.165) is 12.8 Å². The fraction of sp³-hybridized carbons (Fsp3) is 0.571. The minimum absolute atomic E-state index is 0.0759. The summed E-state index contributed by atoms with van der Waals surface area (Å²) in [6.45, 7) is 4.04. The topological polar surface area (TPSA) is 76.5 Å². The van der Waals surface area contributed by atoms with Gasteiger partial charge in [-0.2, -0.15) is 4.31 Å². The molecule has 1 heterocycles. The van der Waals surface area contributed by atoms with Gasteiger partial charge in [0.15, 0.2) is 0 Å². The van der Waals surface area contributed by atoms with Crippen LogP contribution in [0, 0.1) is 32.1 Å². The molecule has 20 heavy (non-hydrogen) atoms. The summed E-state index contributed by atoms with van der Waals surface area (Å²) in [6, 6.07) is 0. The Kier molecular flexibility index (Phi) is 4.23. The summed E-state index contributed by atoms with van der Waals surface area (Å²) < 4.78 is 32.4. The van der Waals surface area contributed by atoms with Crippen molar-refractivity contribution in [3.63, 3.8) is 0 Å². The maximum atomic E-state index is 12.8. The number of aryl methyl sites for hydroxylation is 2. The zero-order valence-electron chi connectivity index (χ0n) is 11.8. The lowest BCUT2D eigenvalue weighted by molar-refractivity contribution is 0.427. The quantitative estimate of drug-likeness (QED) is 0.805. The highest BCUT2D eigenvalue weighted by atomic mass is 32.2. The van der Waals surface area contributed by atoms with Crippen molar-refractivity contribution in [1.29, 1.82) is 0 Å². The molecule has 1 aromatic heterocycles. The molecule has 110 valence electrons. The molecule has 1 aliphatic rings. The summed E-state index contributed by atoms with van der Waals surface area (Å²) in [4.78, 5) is 0.188. The molecule has 1 aromatic rings. The molecule has 0 aliphatic heterocycles. The van der Waals surface area contributed by atoms with Gasteiger partial charge in [0.1, 0.15) is 16.4 Å². The molecule has 0 saturated heterocycles. The first-order valence-corrected chi connectivity index (χ1v) is 8.08. The molecular formula is C14H20N2O3S. The van der Waals surface area contributed by atoms with Gasteiger partial charge in [0.25, 0.3) is 0 Å². The van der Waals surface area contributed by atoms with Crippen molar-refractivity contribution in [1.82, 2.24) is 4.31 Å². The third-order valence-electron chi connectivity index (χ3n) is 3.55. The molecule has 6 heteroatoms. The third kappa shape index (κ3) is 2.75. The normalized spacial score (nSPS) is 15.6. The summed E-state index contributed by atoms with van der Waals surface area (Å²) >= 11 is 0. The summed E-state index contributed by atoms with van der Waals surface area (Å²) in [5.74, 6) is 3.78. The molecule has 0 amide bonds. The largest absolute Gasteiger partial charge is 0.465 e. The molecule has 5 nitrogen and oxygen atoms in total. The molecule has 2 N–H and O–H groups in total. The Morgan fingerprint density at radius 2 is 2.05 bits per heavy atom. The summed E-state index contributed by atoms with van der Waals surface area (Å²) in [5, 5.41) is 0. The predicted octanol–water partition coefficient (Wildman–Crippen LogP) is 1.39. The standard InChI is InChI=1S/C14H20N2O3S/c1-4-7-16(9-12-5-6-12)20(17,18)14-11(3)19-10(2)13(14)8-15/h1,12H,5-9,15H2,2-3H3. The van der Waals surface area contributed by atoms with Gasteiger partial charge in [0.05, 0.1) is 6.54 Å². The zero-order chi connectivity index (χ0) is 14.9. The van der Waals surface area contributed by atoms with Gasteiger partial charge >= 0.3 is 0 Å². The van der Waals surface area contributed by atoms with Crippen LogP contribution >= 0.6 is 0 Å². The minimum atomic E-state index is -3.65. The van der Waals surface area contributed by atoms with Crippen molar-refractivity contribution in [2.75, 3.05) is 13.1 Å². The highest BCUT2D eigenvalue weighted by Crippen LogP contribution is 2.34. The van der Waals surface area contributed by atoms with Gasteiger partial charge in [-0.3, -0.25) is 0 Å². The van der Waals surface area contributed by atoms with E-state index >= 15 is 0 Å². The molecule has 1 fully saturated rings. The van der Waals surface area contributed by atoms with E-state index in [4.69, 9.17) is 16.6 Å². The number of sulfonamides is 1. The lowest BCUT2D eigenvalue weighted by Crippen LogP contribution is -2.34. The van der Waals surface area contributed by atoms with Crippen LogP contribution in [0.25, 0.3) is 0 Å². The lowest BCUT2D eigenvalue weighted by atomic mass is 10.2. The van der Waals surface area contributed by atoms with Crippen LogP contribution in [-0.2, 0) is 16.6 Å². The van der Waals surface area contributed by atoms with Crippen molar-refractivity contribution in [2.45, 2.75) is 38.1 Å². The van der Waals surface area contributed by atoms with Gasteiger partial charge in [-0.05, 0) is 32.6 Å². The van der Waals surface area contributed by atoms with E-state index in [1.807, 2.05) is 0 Å². The van der Waals surface area contributed by atoms with Crippen molar-refractivity contribution in [2.24, 2.45) is 11.7 Å². The van der Waals surface area contributed by atoms with Crippen LogP contribution in [0.1, 0.15) is 29.9 Å². The minimum Gasteiger partial charge on any atom is -0.465 e.